The lowest BCUT2D eigenvalue weighted by Crippen LogP contribution is -2.50. The van der Waals surface area contributed by atoms with E-state index in [0.29, 0.717) is 0 Å². The number of carbonyl (C=O) groups is 1. The fourth-order valence-electron chi connectivity index (χ4n) is 6.03. The molecule has 1 amide bonds. The van der Waals surface area contributed by atoms with Gasteiger partial charge < -0.3 is 9.80 Å². The molecule has 4 aromatic rings. The highest BCUT2D eigenvalue weighted by Gasteiger charge is 2.31. The van der Waals surface area contributed by atoms with Crippen molar-refractivity contribution in [3.8, 4) is 0 Å². The maximum absolute atomic E-state index is 13.5. The molecule has 2 aliphatic heterocycles. The lowest BCUT2D eigenvalue weighted by atomic mass is 9.95. The Morgan fingerprint density at radius 1 is 0.923 bits per heavy atom. The number of anilines is 1. The number of nitrogens with zero attached hydrogens (tertiary/aromatic N) is 5. The summed E-state index contributed by atoms with van der Waals surface area (Å²) >= 11 is 1.85. The molecule has 6 nitrogen and oxygen atoms in total. The zero-order valence-corrected chi connectivity index (χ0v) is 23.8. The number of hydrogen-bond donors (Lipinski definition) is 0. The van der Waals surface area contributed by atoms with Crippen molar-refractivity contribution < 1.29 is 4.79 Å². The van der Waals surface area contributed by atoms with Gasteiger partial charge in [-0.05, 0) is 36.1 Å². The highest BCUT2D eigenvalue weighted by atomic mass is 32.1. The van der Waals surface area contributed by atoms with Gasteiger partial charge in [0.1, 0.15) is 16.5 Å². The molecule has 2 aromatic heterocycles. The van der Waals surface area contributed by atoms with Gasteiger partial charge >= 0.3 is 0 Å². The summed E-state index contributed by atoms with van der Waals surface area (Å²) in [6, 6.07) is 20.7. The SMILES string of the molecule is CC[C@H](C(=O)N1CCN(c2nc(Cc3ccccc3)nc3sc4c(c23)CCN(CC)C4)CC1)c1ccccc1. The van der Waals surface area contributed by atoms with E-state index in [1.807, 2.05) is 35.6 Å². The number of piperazine rings is 1. The van der Waals surface area contributed by atoms with Gasteiger partial charge in [0.2, 0.25) is 5.91 Å². The molecule has 1 atom stereocenters. The lowest BCUT2D eigenvalue weighted by Gasteiger charge is -2.37. The number of rotatable bonds is 7. The van der Waals surface area contributed by atoms with Crippen molar-refractivity contribution in [2.75, 3.05) is 44.2 Å². The normalized spacial score (nSPS) is 16.9. The summed E-state index contributed by atoms with van der Waals surface area (Å²) in [7, 11) is 0. The molecule has 0 radical (unpaired) electrons. The van der Waals surface area contributed by atoms with Crippen LogP contribution in [0.4, 0.5) is 5.82 Å². The summed E-state index contributed by atoms with van der Waals surface area (Å²) < 4.78 is 0. The van der Waals surface area contributed by atoms with Crippen LogP contribution >= 0.6 is 11.3 Å². The minimum atomic E-state index is -0.0774. The molecule has 0 unspecified atom stereocenters. The number of benzene rings is 2. The number of hydrogen-bond acceptors (Lipinski definition) is 6. The van der Waals surface area contributed by atoms with Gasteiger partial charge in [0.05, 0.1) is 11.3 Å². The van der Waals surface area contributed by atoms with Crippen LogP contribution in [0.5, 0.6) is 0 Å². The summed E-state index contributed by atoms with van der Waals surface area (Å²) in [4.78, 5) is 33.4. The fourth-order valence-corrected chi connectivity index (χ4v) is 7.30. The van der Waals surface area contributed by atoms with Crippen LogP contribution in [0.3, 0.4) is 0 Å². The monoisotopic (exact) mass is 539 g/mol. The first-order valence-electron chi connectivity index (χ1n) is 14.3. The van der Waals surface area contributed by atoms with Crippen LogP contribution in [0.2, 0.25) is 0 Å². The highest BCUT2D eigenvalue weighted by molar-refractivity contribution is 7.19. The van der Waals surface area contributed by atoms with E-state index >= 15 is 0 Å². The van der Waals surface area contributed by atoms with Crippen molar-refractivity contribution in [2.45, 2.75) is 45.6 Å². The van der Waals surface area contributed by atoms with Crippen molar-refractivity contribution in [2.24, 2.45) is 0 Å². The first-order chi connectivity index (χ1) is 19.1. The number of amides is 1. The Morgan fingerprint density at radius 2 is 1.64 bits per heavy atom. The van der Waals surface area contributed by atoms with Crippen molar-refractivity contribution >= 4 is 33.3 Å². The second-order valence-corrected chi connectivity index (χ2v) is 11.7. The fraction of sp³-hybridized carbons (Fsp3) is 0.406. The Balaban J connectivity index is 1.28. The Kier molecular flexibility index (Phi) is 7.62. The standard InChI is InChI=1S/C32H37N5OS/c1-3-25(24-13-9-6-10-14-24)32(38)37-19-17-36(18-20-37)30-29-26-15-16-35(4-2)22-27(26)39-31(29)34-28(33-30)21-23-11-7-5-8-12-23/h5-14,25H,3-4,15-22H2,1-2H3/t25-/m0/s1. The second-order valence-electron chi connectivity index (χ2n) is 10.6. The van der Waals surface area contributed by atoms with Crippen LogP contribution in [0.25, 0.3) is 10.2 Å². The molecule has 1 fully saturated rings. The van der Waals surface area contributed by atoms with Gasteiger partial charge in [0.15, 0.2) is 0 Å². The summed E-state index contributed by atoms with van der Waals surface area (Å²) in [5.74, 6) is 2.11. The molecule has 39 heavy (non-hydrogen) atoms. The van der Waals surface area contributed by atoms with Crippen molar-refractivity contribution in [3.63, 3.8) is 0 Å². The molecule has 4 heterocycles. The van der Waals surface area contributed by atoms with E-state index in [9.17, 15) is 4.79 Å². The van der Waals surface area contributed by atoms with Gasteiger partial charge in [0.25, 0.3) is 0 Å². The minimum Gasteiger partial charge on any atom is -0.352 e. The number of carbonyl (C=O) groups excluding carboxylic acids is 1. The van der Waals surface area contributed by atoms with Gasteiger partial charge in [0, 0.05) is 50.6 Å². The molecule has 0 N–H and O–H groups in total. The van der Waals surface area contributed by atoms with E-state index in [-0.39, 0.29) is 11.8 Å². The average molecular weight is 540 g/mol. The molecule has 1 saturated heterocycles. The Bertz CT molecular complexity index is 1430. The van der Waals surface area contributed by atoms with Crippen LogP contribution < -0.4 is 4.90 Å². The van der Waals surface area contributed by atoms with Crippen LogP contribution in [0, 0.1) is 0 Å². The first-order valence-corrected chi connectivity index (χ1v) is 15.1. The third-order valence-electron chi connectivity index (χ3n) is 8.26. The maximum Gasteiger partial charge on any atom is 0.230 e. The third kappa shape index (κ3) is 5.30. The van der Waals surface area contributed by atoms with E-state index in [1.165, 1.54) is 21.4 Å². The molecule has 0 bridgehead atoms. The van der Waals surface area contributed by atoms with E-state index in [4.69, 9.17) is 9.97 Å². The quantitative estimate of drug-likeness (QED) is 0.310. The van der Waals surface area contributed by atoms with Gasteiger partial charge in [-0.1, -0.05) is 74.5 Å². The summed E-state index contributed by atoms with van der Waals surface area (Å²) in [6.07, 6.45) is 2.58. The zero-order chi connectivity index (χ0) is 26.8. The topological polar surface area (TPSA) is 52.6 Å². The lowest BCUT2D eigenvalue weighted by molar-refractivity contribution is -0.133. The Morgan fingerprint density at radius 3 is 2.33 bits per heavy atom. The van der Waals surface area contributed by atoms with Crippen molar-refractivity contribution in [1.82, 2.24) is 19.8 Å². The molecular weight excluding hydrogens is 502 g/mol. The van der Waals surface area contributed by atoms with E-state index in [2.05, 4.69) is 64.9 Å². The van der Waals surface area contributed by atoms with Crippen LogP contribution in [-0.2, 0) is 24.2 Å². The minimum absolute atomic E-state index is 0.0774. The molecule has 2 aromatic carbocycles. The number of thiophene rings is 1. The predicted molar refractivity (Wildman–Crippen MR) is 160 cm³/mol. The van der Waals surface area contributed by atoms with Gasteiger partial charge in [-0.3, -0.25) is 9.69 Å². The van der Waals surface area contributed by atoms with Crippen LogP contribution in [-0.4, -0.2) is 64.9 Å². The maximum atomic E-state index is 13.5. The predicted octanol–water partition coefficient (Wildman–Crippen LogP) is 5.50. The molecule has 0 saturated carbocycles. The van der Waals surface area contributed by atoms with Gasteiger partial charge in [-0.15, -0.1) is 11.3 Å². The van der Waals surface area contributed by atoms with Crippen molar-refractivity contribution in [3.05, 3.63) is 88.1 Å². The molecule has 6 rings (SSSR count). The highest BCUT2D eigenvalue weighted by Crippen LogP contribution is 2.39. The van der Waals surface area contributed by atoms with Crippen molar-refractivity contribution in [1.29, 1.82) is 0 Å². The number of aromatic nitrogens is 2. The Hall–Kier alpha value is -3.29. The number of fused-ring (bicyclic) bond motifs is 3. The molecule has 202 valence electrons. The van der Waals surface area contributed by atoms with Crippen LogP contribution in [0.1, 0.15) is 53.6 Å². The molecule has 0 spiro atoms. The molecular formula is C32H37N5OS. The first kappa shape index (κ1) is 26.0. The van der Waals surface area contributed by atoms with E-state index in [1.54, 1.807) is 0 Å². The van der Waals surface area contributed by atoms with E-state index < -0.39 is 0 Å². The second kappa shape index (κ2) is 11.4. The number of likely N-dealkylation sites (N-methyl/N-ethyl adjacent to an activating group) is 1. The molecule has 2 aliphatic rings. The largest absolute Gasteiger partial charge is 0.352 e. The van der Waals surface area contributed by atoms with Crippen LogP contribution in [0.15, 0.2) is 60.7 Å². The Labute approximate surface area is 235 Å². The smallest absolute Gasteiger partial charge is 0.230 e. The van der Waals surface area contributed by atoms with Gasteiger partial charge in [-0.25, -0.2) is 9.97 Å². The molecule has 7 heteroatoms. The zero-order valence-electron chi connectivity index (χ0n) is 23.0. The van der Waals surface area contributed by atoms with Gasteiger partial charge in [-0.2, -0.15) is 0 Å². The molecule has 0 aliphatic carbocycles. The van der Waals surface area contributed by atoms with E-state index in [0.717, 1.165) is 87.1 Å². The summed E-state index contributed by atoms with van der Waals surface area (Å²) in [6.45, 7) is 10.5. The third-order valence-corrected chi connectivity index (χ3v) is 9.37. The average Bonchev–Trinajstić information content (AvgIpc) is 3.36. The summed E-state index contributed by atoms with van der Waals surface area (Å²) in [5, 5.41) is 1.25. The summed E-state index contributed by atoms with van der Waals surface area (Å²) in [5.41, 5.74) is 3.78.